The summed E-state index contributed by atoms with van der Waals surface area (Å²) in [4.78, 5) is 11.0. The first-order chi connectivity index (χ1) is 29.2. The number of pyridine rings is 2. The molecule has 1 aliphatic rings. The summed E-state index contributed by atoms with van der Waals surface area (Å²) >= 11 is 0. The number of hydrogen-bond donors (Lipinski definition) is 0. The molecule has 6 aromatic carbocycles. The van der Waals surface area contributed by atoms with Gasteiger partial charge in [0.25, 0.3) is 0 Å². The van der Waals surface area contributed by atoms with Gasteiger partial charge in [-0.2, -0.15) is 0 Å². The van der Waals surface area contributed by atoms with Crippen LogP contribution < -0.4 is 25.7 Å². The van der Waals surface area contributed by atoms with E-state index in [2.05, 4.69) is 223 Å². The minimum atomic E-state index is -3.06. The molecular formula is C53H40N4OSi. The van der Waals surface area contributed by atoms with Gasteiger partial charge in [0.2, 0.25) is 8.07 Å². The van der Waals surface area contributed by atoms with Crippen LogP contribution >= 0.6 is 0 Å². The number of allylic oxidation sites excluding steroid dienone is 3. The largest absolute Gasteiger partial charge is 0.486 e. The van der Waals surface area contributed by atoms with Gasteiger partial charge in [-0.1, -0.05) is 133 Å². The Bertz CT molecular complexity index is 3130. The van der Waals surface area contributed by atoms with Gasteiger partial charge < -0.3 is 13.9 Å². The van der Waals surface area contributed by atoms with Crippen molar-refractivity contribution in [2.45, 2.75) is 19.4 Å². The molecule has 0 bridgehead atoms. The molecule has 6 heteroatoms. The van der Waals surface area contributed by atoms with Gasteiger partial charge in [0.05, 0.1) is 45.8 Å². The van der Waals surface area contributed by atoms with Crippen molar-refractivity contribution in [3.05, 3.63) is 212 Å². The minimum absolute atomic E-state index is 0.0496. The Labute approximate surface area is 343 Å². The van der Waals surface area contributed by atoms with Crippen molar-refractivity contribution in [3.8, 4) is 17.1 Å². The van der Waals surface area contributed by atoms with Crippen LogP contribution in [0.4, 0.5) is 0 Å². The Morgan fingerprint density at radius 2 is 1.02 bits per heavy atom. The summed E-state index contributed by atoms with van der Waals surface area (Å²) in [6.07, 6.45) is 13.3. The zero-order valence-corrected chi connectivity index (χ0v) is 33.6. The highest BCUT2D eigenvalue weighted by atomic mass is 28.3. The van der Waals surface area contributed by atoms with Crippen molar-refractivity contribution in [3.63, 3.8) is 0 Å². The molecule has 5 heterocycles. The monoisotopic (exact) mass is 776 g/mol. The van der Waals surface area contributed by atoms with Crippen LogP contribution in [0.15, 0.2) is 207 Å². The molecule has 0 saturated heterocycles. The smallest absolute Gasteiger partial charge is 0.223 e. The fraction of sp³-hybridized carbons (Fsp3) is 0.0566. The molecule has 0 fully saturated rings. The molecule has 1 atom stereocenters. The van der Waals surface area contributed by atoms with Crippen LogP contribution in [0.25, 0.3) is 55.0 Å². The summed E-state index contributed by atoms with van der Waals surface area (Å²) in [6, 6.07) is 61.0. The van der Waals surface area contributed by atoms with Crippen LogP contribution in [-0.4, -0.2) is 33.3 Å². The summed E-state index contributed by atoms with van der Waals surface area (Å²) in [6.45, 7) is 2.09. The lowest BCUT2D eigenvalue weighted by Crippen LogP contribution is -2.76. The van der Waals surface area contributed by atoms with Crippen molar-refractivity contribution < 1.29 is 4.74 Å². The molecule has 282 valence electrons. The summed E-state index contributed by atoms with van der Waals surface area (Å²) in [5.74, 6) is 0.907. The van der Waals surface area contributed by atoms with E-state index < -0.39 is 8.07 Å². The standard InChI is InChI=1S/C53H40N4OSi/c1-37-17-5-2-10-25-46-50(58-37)32-31-45-44-24-13-16-28-49(44)57(53(45)46)39-30-34-52(55-36-39)59(40-18-6-3-7-19-40,41-20-8-4-9-21-41)51-33-29-38(35-54-51)56-47-26-14-11-22-42(47)43-23-12-15-27-48(43)56/h2-24,26-37H,25H2,1H3/b10-2-,17-5-. The molecule has 0 N–H and O–H groups in total. The number of hydrogen-bond acceptors (Lipinski definition) is 3. The van der Waals surface area contributed by atoms with Crippen LogP contribution in [-0.2, 0) is 6.42 Å². The molecule has 0 radical (unpaired) electrons. The average Bonchev–Trinajstić information content (AvgIpc) is 3.84. The SMILES string of the molecule is CC1/C=C\C=C/Cc2c(ccc3c4ccccc4n(-c4ccc([Si](c5ccccc5)(c5ccccc5)c5ccc(-n6c7ccccc7c7ccccc76)cn5)nc4)c23)O1. The summed E-state index contributed by atoms with van der Waals surface area (Å²) in [5, 5.41) is 9.37. The molecule has 1 unspecified atom stereocenters. The van der Waals surface area contributed by atoms with Crippen molar-refractivity contribution in [1.82, 2.24) is 19.1 Å². The highest BCUT2D eigenvalue weighted by Crippen LogP contribution is 2.39. The first-order valence-electron chi connectivity index (χ1n) is 20.3. The lowest BCUT2D eigenvalue weighted by Gasteiger charge is -2.32. The van der Waals surface area contributed by atoms with Gasteiger partial charge in [-0.05, 0) is 84.4 Å². The van der Waals surface area contributed by atoms with Crippen molar-refractivity contribution in [2.24, 2.45) is 0 Å². The molecular weight excluding hydrogens is 737 g/mol. The molecule has 1 aliphatic heterocycles. The third-order valence-corrected chi connectivity index (χ3v) is 16.5. The maximum Gasteiger partial charge on any atom is 0.223 e. The summed E-state index contributed by atoms with van der Waals surface area (Å²) < 4.78 is 11.2. The average molecular weight is 777 g/mol. The fourth-order valence-electron chi connectivity index (χ4n) is 9.35. The Morgan fingerprint density at radius 1 is 0.508 bits per heavy atom. The van der Waals surface area contributed by atoms with Gasteiger partial charge in [0, 0.05) is 37.7 Å². The van der Waals surface area contributed by atoms with Gasteiger partial charge in [-0.3, -0.25) is 9.97 Å². The Morgan fingerprint density at radius 3 is 1.58 bits per heavy atom. The fourth-order valence-corrected chi connectivity index (χ4v) is 13.7. The second-order valence-corrected chi connectivity index (χ2v) is 19.0. The second kappa shape index (κ2) is 14.3. The van der Waals surface area contributed by atoms with Crippen molar-refractivity contribution >= 4 is 72.7 Å². The molecule has 0 amide bonds. The lowest BCUT2D eigenvalue weighted by atomic mass is 10.0. The normalized spacial score (nSPS) is 15.4. The molecule has 0 aliphatic carbocycles. The van der Waals surface area contributed by atoms with Crippen molar-refractivity contribution in [2.75, 3.05) is 0 Å². The van der Waals surface area contributed by atoms with E-state index in [0.29, 0.717) is 0 Å². The molecule has 0 saturated carbocycles. The van der Waals surface area contributed by atoms with Gasteiger partial charge in [-0.25, -0.2) is 0 Å². The maximum atomic E-state index is 6.54. The van der Waals surface area contributed by atoms with E-state index >= 15 is 0 Å². The quantitative estimate of drug-likeness (QED) is 0.158. The third kappa shape index (κ3) is 5.59. The van der Waals surface area contributed by atoms with Crippen LogP contribution in [0.1, 0.15) is 12.5 Å². The molecule has 5 nitrogen and oxygen atoms in total. The molecule has 0 spiro atoms. The van der Waals surface area contributed by atoms with E-state index in [9.17, 15) is 0 Å². The van der Waals surface area contributed by atoms with Gasteiger partial charge >= 0.3 is 0 Å². The van der Waals surface area contributed by atoms with Crippen LogP contribution in [0.2, 0.25) is 0 Å². The van der Waals surface area contributed by atoms with Gasteiger partial charge in [0.15, 0.2) is 0 Å². The van der Waals surface area contributed by atoms with E-state index in [1.54, 1.807) is 0 Å². The minimum Gasteiger partial charge on any atom is -0.486 e. The number of nitrogens with zero attached hydrogens (tertiary/aromatic N) is 4. The molecule has 4 aromatic heterocycles. The summed E-state index contributed by atoms with van der Waals surface area (Å²) in [5.41, 5.74) is 7.81. The predicted molar refractivity (Wildman–Crippen MR) is 246 cm³/mol. The zero-order valence-electron chi connectivity index (χ0n) is 32.6. The molecule has 10 aromatic rings. The zero-order chi connectivity index (χ0) is 39.3. The van der Waals surface area contributed by atoms with E-state index in [1.165, 1.54) is 37.5 Å². The maximum absolute atomic E-state index is 6.54. The first-order valence-corrected chi connectivity index (χ1v) is 22.3. The molecule has 11 rings (SSSR count). The number of benzene rings is 6. The molecule has 59 heavy (non-hydrogen) atoms. The Balaban J connectivity index is 1.12. The van der Waals surface area contributed by atoms with Gasteiger partial charge in [0.1, 0.15) is 11.9 Å². The van der Waals surface area contributed by atoms with Gasteiger partial charge in [-0.15, -0.1) is 0 Å². The number of aromatic nitrogens is 4. The number of rotatable bonds is 6. The summed E-state index contributed by atoms with van der Waals surface area (Å²) in [7, 11) is -3.06. The van der Waals surface area contributed by atoms with Crippen LogP contribution in [0, 0.1) is 0 Å². The Hall–Kier alpha value is -7.28. The topological polar surface area (TPSA) is 44.9 Å². The Kier molecular flexibility index (Phi) is 8.45. The predicted octanol–water partition coefficient (Wildman–Crippen LogP) is 9.48. The van der Waals surface area contributed by atoms with E-state index in [0.717, 1.165) is 56.2 Å². The highest BCUT2D eigenvalue weighted by molar-refractivity contribution is 7.19. The number of ether oxygens (including phenoxy) is 1. The van der Waals surface area contributed by atoms with Crippen LogP contribution in [0.5, 0.6) is 5.75 Å². The van der Waals surface area contributed by atoms with E-state index in [-0.39, 0.29) is 6.10 Å². The van der Waals surface area contributed by atoms with E-state index in [1.807, 2.05) is 0 Å². The van der Waals surface area contributed by atoms with Crippen LogP contribution in [0.3, 0.4) is 0 Å². The highest BCUT2D eigenvalue weighted by Gasteiger charge is 2.44. The first kappa shape index (κ1) is 34.9. The third-order valence-electron chi connectivity index (χ3n) is 11.9. The number of para-hydroxylation sites is 3. The lowest BCUT2D eigenvalue weighted by molar-refractivity contribution is 0.268. The van der Waals surface area contributed by atoms with Crippen molar-refractivity contribution in [1.29, 1.82) is 0 Å². The van der Waals surface area contributed by atoms with E-state index in [4.69, 9.17) is 14.7 Å². The number of fused-ring (bicyclic) bond motifs is 8. The second-order valence-electron chi connectivity index (χ2n) is 15.3.